The summed E-state index contributed by atoms with van der Waals surface area (Å²) in [6, 6.07) is 5.88. The third-order valence-electron chi connectivity index (χ3n) is 3.98. The Bertz CT molecular complexity index is 569. The van der Waals surface area contributed by atoms with Gasteiger partial charge in [0.1, 0.15) is 5.75 Å². The normalized spacial score (nSPS) is 14.7. The number of piperazine rings is 1. The summed E-state index contributed by atoms with van der Waals surface area (Å²) in [6.45, 7) is 6.22. The Hall–Kier alpha value is -1.75. The number of amides is 2. The average Bonchev–Trinajstić information content (AvgIpc) is 2.54. The van der Waals surface area contributed by atoms with E-state index in [4.69, 9.17) is 16.3 Å². The van der Waals surface area contributed by atoms with Crippen LogP contribution in [-0.2, 0) is 9.59 Å². The first-order chi connectivity index (χ1) is 11.0. The van der Waals surface area contributed by atoms with Crippen molar-refractivity contribution in [2.45, 2.75) is 20.3 Å². The van der Waals surface area contributed by atoms with Crippen molar-refractivity contribution in [3.05, 3.63) is 29.3 Å². The highest BCUT2D eigenvalue weighted by molar-refractivity contribution is 6.18. The molecule has 126 valence electrons. The van der Waals surface area contributed by atoms with Crippen LogP contribution in [0.5, 0.6) is 5.75 Å². The maximum atomic E-state index is 12.2. The Kier molecular flexibility index (Phi) is 6.28. The summed E-state index contributed by atoms with van der Waals surface area (Å²) in [7, 11) is 0. The summed E-state index contributed by atoms with van der Waals surface area (Å²) in [4.78, 5) is 27.5. The first kappa shape index (κ1) is 17.6. The topological polar surface area (TPSA) is 49.9 Å². The monoisotopic (exact) mass is 338 g/mol. The van der Waals surface area contributed by atoms with E-state index in [1.165, 1.54) is 5.56 Å². The minimum absolute atomic E-state index is 0.0273. The zero-order valence-corrected chi connectivity index (χ0v) is 14.4. The van der Waals surface area contributed by atoms with E-state index < -0.39 is 0 Å². The fraction of sp³-hybridized carbons (Fsp3) is 0.529. The van der Waals surface area contributed by atoms with Crippen molar-refractivity contribution in [3.8, 4) is 5.75 Å². The summed E-state index contributed by atoms with van der Waals surface area (Å²) < 4.78 is 5.63. The molecule has 5 nitrogen and oxygen atoms in total. The molecule has 1 fully saturated rings. The maximum Gasteiger partial charge on any atom is 0.260 e. The number of hydrogen-bond acceptors (Lipinski definition) is 3. The molecule has 23 heavy (non-hydrogen) atoms. The molecule has 1 heterocycles. The van der Waals surface area contributed by atoms with E-state index in [0.29, 0.717) is 38.5 Å². The van der Waals surface area contributed by atoms with Gasteiger partial charge >= 0.3 is 0 Å². The fourth-order valence-corrected chi connectivity index (χ4v) is 2.80. The van der Waals surface area contributed by atoms with Crippen LogP contribution in [-0.4, -0.2) is 60.3 Å². The van der Waals surface area contributed by atoms with Crippen LogP contribution in [0.4, 0.5) is 0 Å². The van der Waals surface area contributed by atoms with Crippen LogP contribution in [0, 0.1) is 13.8 Å². The molecule has 0 unspecified atom stereocenters. The first-order valence-corrected chi connectivity index (χ1v) is 8.36. The van der Waals surface area contributed by atoms with Crippen molar-refractivity contribution in [2.75, 3.05) is 38.7 Å². The number of alkyl halides is 1. The lowest BCUT2D eigenvalue weighted by molar-refractivity contribution is -0.140. The van der Waals surface area contributed by atoms with E-state index >= 15 is 0 Å². The third-order valence-corrected chi connectivity index (χ3v) is 4.16. The molecule has 0 N–H and O–H groups in total. The Morgan fingerprint density at radius 2 is 1.70 bits per heavy atom. The van der Waals surface area contributed by atoms with Gasteiger partial charge in [0.25, 0.3) is 5.91 Å². The highest BCUT2D eigenvalue weighted by Gasteiger charge is 2.23. The Labute approximate surface area is 142 Å². The molecular formula is C17H23ClN2O3. The summed E-state index contributed by atoms with van der Waals surface area (Å²) in [5.74, 6) is 1.08. The van der Waals surface area contributed by atoms with Gasteiger partial charge in [0.2, 0.25) is 5.91 Å². The van der Waals surface area contributed by atoms with Crippen LogP contribution in [0.2, 0.25) is 0 Å². The number of halogens is 1. The van der Waals surface area contributed by atoms with Crippen molar-refractivity contribution < 1.29 is 14.3 Å². The lowest BCUT2D eigenvalue weighted by atomic mass is 10.1. The van der Waals surface area contributed by atoms with Crippen molar-refractivity contribution in [1.82, 2.24) is 9.80 Å². The molecule has 1 aromatic carbocycles. The van der Waals surface area contributed by atoms with Gasteiger partial charge in [0.05, 0.1) is 0 Å². The second-order valence-corrected chi connectivity index (χ2v) is 6.14. The second-order valence-electron chi connectivity index (χ2n) is 5.76. The molecule has 0 aliphatic carbocycles. The number of aryl methyl sites for hydroxylation is 2. The van der Waals surface area contributed by atoms with Gasteiger partial charge in [-0.05, 0) is 25.5 Å². The largest absolute Gasteiger partial charge is 0.484 e. The molecule has 1 saturated heterocycles. The number of rotatable bonds is 5. The molecule has 1 aromatic rings. The summed E-state index contributed by atoms with van der Waals surface area (Å²) in [5.41, 5.74) is 2.19. The van der Waals surface area contributed by atoms with Gasteiger partial charge in [0, 0.05) is 38.5 Å². The Balaban J connectivity index is 1.80. The van der Waals surface area contributed by atoms with E-state index in [-0.39, 0.29) is 18.4 Å². The maximum absolute atomic E-state index is 12.2. The highest BCUT2D eigenvalue weighted by atomic mass is 35.5. The number of carbonyl (C=O) groups excluding carboxylic acids is 2. The quantitative estimate of drug-likeness (QED) is 0.771. The Morgan fingerprint density at radius 1 is 1.09 bits per heavy atom. The standard InChI is InChI=1S/C17H23ClN2O3/c1-13-3-4-15(14(2)11-13)23-12-17(22)20-9-7-19(8-10-20)16(21)5-6-18/h3-4,11H,5-10,12H2,1-2H3. The minimum atomic E-state index is -0.0468. The van der Waals surface area contributed by atoms with Gasteiger partial charge in [-0.25, -0.2) is 0 Å². The van der Waals surface area contributed by atoms with E-state index in [0.717, 1.165) is 11.3 Å². The zero-order chi connectivity index (χ0) is 16.8. The number of hydrogen-bond donors (Lipinski definition) is 0. The van der Waals surface area contributed by atoms with E-state index in [9.17, 15) is 9.59 Å². The van der Waals surface area contributed by atoms with Crippen molar-refractivity contribution in [2.24, 2.45) is 0 Å². The van der Waals surface area contributed by atoms with Gasteiger partial charge in [-0.2, -0.15) is 0 Å². The van der Waals surface area contributed by atoms with Gasteiger partial charge in [-0.15, -0.1) is 11.6 Å². The van der Waals surface area contributed by atoms with Crippen molar-refractivity contribution in [1.29, 1.82) is 0 Å². The SMILES string of the molecule is Cc1ccc(OCC(=O)N2CCN(C(=O)CCCl)CC2)c(C)c1. The van der Waals surface area contributed by atoms with Crippen LogP contribution in [0.15, 0.2) is 18.2 Å². The van der Waals surface area contributed by atoms with E-state index in [1.807, 2.05) is 32.0 Å². The number of benzene rings is 1. The van der Waals surface area contributed by atoms with Crippen LogP contribution in [0.3, 0.4) is 0 Å². The summed E-state index contributed by atoms with van der Waals surface area (Å²) >= 11 is 5.59. The summed E-state index contributed by atoms with van der Waals surface area (Å²) in [6.07, 6.45) is 0.352. The molecular weight excluding hydrogens is 316 g/mol. The predicted molar refractivity (Wildman–Crippen MR) is 89.9 cm³/mol. The van der Waals surface area contributed by atoms with Gasteiger partial charge in [-0.3, -0.25) is 9.59 Å². The van der Waals surface area contributed by atoms with Gasteiger partial charge in [0.15, 0.2) is 6.61 Å². The third kappa shape index (κ3) is 4.86. The van der Waals surface area contributed by atoms with E-state index in [1.54, 1.807) is 9.80 Å². The molecule has 2 rings (SSSR count). The molecule has 6 heteroatoms. The Morgan fingerprint density at radius 3 is 2.26 bits per heavy atom. The average molecular weight is 339 g/mol. The van der Waals surface area contributed by atoms with Crippen LogP contribution < -0.4 is 4.74 Å². The van der Waals surface area contributed by atoms with Crippen molar-refractivity contribution >= 4 is 23.4 Å². The molecule has 0 atom stereocenters. The second kappa shape index (κ2) is 8.20. The van der Waals surface area contributed by atoms with Crippen LogP contribution in [0.1, 0.15) is 17.5 Å². The number of nitrogens with zero attached hydrogens (tertiary/aromatic N) is 2. The molecule has 0 bridgehead atoms. The first-order valence-electron chi connectivity index (χ1n) is 7.83. The minimum Gasteiger partial charge on any atom is -0.484 e. The lowest BCUT2D eigenvalue weighted by Crippen LogP contribution is -2.51. The zero-order valence-electron chi connectivity index (χ0n) is 13.7. The molecule has 0 spiro atoms. The highest BCUT2D eigenvalue weighted by Crippen LogP contribution is 2.18. The lowest BCUT2D eigenvalue weighted by Gasteiger charge is -2.34. The van der Waals surface area contributed by atoms with Gasteiger partial charge < -0.3 is 14.5 Å². The molecule has 0 aromatic heterocycles. The molecule has 0 saturated carbocycles. The predicted octanol–water partition coefficient (Wildman–Crippen LogP) is 1.98. The molecule has 0 radical (unpaired) electrons. The van der Waals surface area contributed by atoms with Gasteiger partial charge in [-0.1, -0.05) is 17.7 Å². The number of carbonyl (C=O) groups is 2. The molecule has 2 amide bonds. The van der Waals surface area contributed by atoms with Crippen molar-refractivity contribution in [3.63, 3.8) is 0 Å². The molecule has 1 aliphatic rings. The van der Waals surface area contributed by atoms with Crippen LogP contribution >= 0.6 is 11.6 Å². The summed E-state index contributed by atoms with van der Waals surface area (Å²) in [5, 5.41) is 0. The smallest absolute Gasteiger partial charge is 0.260 e. The fourth-order valence-electron chi connectivity index (χ4n) is 2.64. The van der Waals surface area contributed by atoms with Crippen LogP contribution in [0.25, 0.3) is 0 Å². The number of ether oxygens (including phenoxy) is 1. The molecule has 1 aliphatic heterocycles. The van der Waals surface area contributed by atoms with E-state index in [2.05, 4.69) is 0 Å².